The number of anilines is 1. The normalized spacial score (nSPS) is 18.9. The molecule has 0 aliphatic carbocycles. The molecule has 0 fully saturated rings. The van der Waals surface area contributed by atoms with Crippen molar-refractivity contribution in [1.29, 1.82) is 0 Å². The van der Waals surface area contributed by atoms with Crippen LogP contribution in [0.4, 0.5) is 5.69 Å². The Labute approximate surface area is 120 Å². The zero-order chi connectivity index (χ0) is 15.0. The number of hydrogen-bond acceptors (Lipinski definition) is 3. The standard InChI is InChI=1S/C16H24N2O2/c1-15(2,16(3,4)20)18-14(19)12-9-10-17-13-8-6-5-7-11(12)13/h5-8,12,17,20H,9-10H2,1-4H3,(H,18,19). The third-order valence-corrected chi connectivity index (χ3v) is 4.37. The van der Waals surface area contributed by atoms with Gasteiger partial charge in [0.05, 0.1) is 17.1 Å². The minimum atomic E-state index is -0.977. The molecule has 4 heteroatoms. The molecule has 110 valence electrons. The molecule has 1 aromatic rings. The zero-order valence-electron chi connectivity index (χ0n) is 12.7. The summed E-state index contributed by atoms with van der Waals surface area (Å²) in [6, 6.07) is 7.90. The predicted octanol–water partition coefficient (Wildman–Crippen LogP) is 2.25. The number of fused-ring (bicyclic) bond motifs is 1. The maximum Gasteiger partial charge on any atom is 0.228 e. The summed E-state index contributed by atoms with van der Waals surface area (Å²) in [7, 11) is 0. The van der Waals surface area contributed by atoms with Crippen LogP contribution >= 0.6 is 0 Å². The Morgan fingerprint density at radius 2 is 1.95 bits per heavy atom. The van der Waals surface area contributed by atoms with E-state index in [1.807, 2.05) is 38.1 Å². The van der Waals surface area contributed by atoms with Crippen LogP contribution in [0.3, 0.4) is 0 Å². The van der Waals surface area contributed by atoms with Crippen LogP contribution < -0.4 is 10.6 Å². The maximum atomic E-state index is 12.6. The van der Waals surface area contributed by atoms with Crippen LogP contribution in [0.2, 0.25) is 0 Å². The molecule has 2 rings (SSSR count). The molecule has 1 aliphatic heterocycles. The van der Waals surface area contributed by atoms with E-state index in [9.17, 15) is 9.90 Å². The first-order valence-electron chi connectivity index (χ1n) is 7.09. The number of nitrogens with one attached hydrogen (secondary N) is 2. The molecule has 0 saturated carbocycles. The molecule has 1 atom stereocenters. The van der Waals surface area contributed by atoms with Gasteiger partial charge in [-0.25, -0.2) is 0 Å². The van der Waals surface area contributed by atoms with E-state index in [-0.39, 0.29) is 11.8 Å². The quantitative estimate of drug-likeness (QED) is 0.793. The second kappa shape index (κ2) is 5.09. The van der Waals surface area contributed by atoms with Gasteiger partial charge in [-0.3, -0.25) is 4.79 Å². The average Bonchev–Trinajstić information content (AvgIpc) is 2.36. The second-order valence-electron chi connectivity index (χ2n) is 6.53. The van der Waals surface area contributed by atoms with E-state index >= 15 is 0 Å². The molecular formula is C16H24N2O2. The van der Waals surface area contributed by atoms with Gasteiger partial charge < -0.3 is 15.7 Å². The lowest BCUT2D eigenvalue weighted by atomic mass is 9.84. The summed E-state index contributed by atoms with van der Waals surface area (Å²) in [6.45, 7) is 7.90. The number of para-hydroxylation sites is 1. The van der Waals surface area contributed by atoms with Crippen molar-refractivity contribution in [2.24, 2.45) is 0 Å². The molecule has 0 aromatic heterocycles. The van der Waals surface area contributed by atoms with Gasteiger partial charge in [0.1, 0.15) is 0 Å². The van der Waals surface area contributed by atoms with Crippen LogP contribution in [-0.4, -0.2) is 28.7 Å². The van der Waals surface area contributed by atoms with Crippen LogP contribution in [0.25, 0.3) is 0 Å². The van der Waals surface area contributed by atoms with Crippen LogP contribution in [0.1, 0.15) is 45.6 Å². The molecule has 1 aliphatic rings. The lowest BCUT2D eigenvalue weighted by Crippen LogP contribution is -2.58. The highest BCUT2D eigenvalue weighted by atomic mass is 16.3. The Kier molecular flexibility index (Phi) is 3.78. The Morgan fingerprint density at radius 3 is 2.60 bits per heavy atom. The van der Waals surface area contributed by atoms with E-state index in [1.54, 1.807) is 13.8 Å². The number of aliphatic hydroxyl groups is 1. The van der Waals surface area contributed by atoms with E-state index in [0.717, 1.165) is 24.2 Å². The fourth-order valence-electron chi connectivity index (χ4n) is 2.29. The topological polar surface area (TPSA) is 61.4 Å². The van der Waals surface area contributed by atoms with Crippen LogP contribution in [0.5, 0.6) is 0 Å². The van der Waals surface area contributed by atoms with Crippen molar-refractivity contribution in [3.8, 4) is 0 Å². The molecular weight excluding hydrogens is 252 g/mol. The average molecular weight is 276 g/mol. The highest BCUT2D eigenvalue weighted by molar-refractivity contribution is 5.87. The minimum absolute atomic E-state index is 0.0222. The monoisotopic (exact) mass is 276 g/mol. The number of amides is 1. The Hall–Kier alpha value is -1.55. The number of carbonyl (C=O) groups excluding carboxylic acids is 1. The summed E-state index contributed by atoms with van der Waals surface area (Å²) in [5.74, 6) is -0.180. The van der Waals surface area contributed by atoms with E-state index in [1.165, 1.54) is 0 Å². The molecule has 1 unspecified atom stereocenters. The lowest BCUT2D eigenvalue weighted by Gasteiger charge is -2.39. The third-order valence-electron chi connectivity index (χ3n) is 4.37. The minimum Gasteiger partial charge on any atom is -0.388 e. The van der Waals surface area contributed by atoms with Gasteiger partial charge >= 0.3 is 0 Å². The number of carbonyl (C=O) groups is 1. The summed E-state index contributed by atoms with van der Waals surface area (Å²) in [5.41, 5.74) is 0.404. The molecule has 3 N–H and O–H groups in total. The first kappa shape index (κ1) is 14.9. The van der Waals surface area contributed by atoms with Crippen molar-refractivity contribution >= 4 is 11.6 Å². The van der Waals surface area contributed by atoms with Gasteiger partial charge in [0, 0.05) is 12.2 Å². The predicted molar refractivity (Wildman–Crippen MR) is 80.8 cm³/mol. The highest BCUT2D eigenvalue weighted by Crippen LogP contribution is 2.32. The van der Waals surface area contributed by atoms with Gasteiger partial charge in [-0.15, -0.1) is 0 Å². The molecule has 0 spiro atoms. The number of hydrogen-bond donors (Lipinski definition) is 3. The summed E-state index contributed by atoms with van der Waals surface area (Å²) < 4.78 is 0. The van der Waals surface area contributed by atoms with E-state index in [2.05, 4.69) is 10.6 Å². The van der Waals surface area contributed by atoms with Gasteiger partial charge in [-0.1, -0.05) is 18.2 Å². The molecule has 20 heavy (non-hydrogen) atoms. The fraction of sp³-hybridized carbons (Fsp3) is 0.562. The molecule has 4 nitrogen and oxygen atoms in total. The molecule has 0 saturated heterocycles. The van der Waals surface area contributed by atoms with Crippen LogP contribution in [0, 0.1) is 0 Å². The van der Waals surface area contributed by atoms with Crippen LogP contribution in [0.15, 0.2) is 24.3 Å². The molecule has 1 amide bonds. The van der Waals surface area contributed by atoms with Crippen LogP contribution in [-0.2, 0) is 4.79 Å². The van der Waals surface area contributed by atoms with Crippen molar-refractivity contribution in [2.75, 3.05) is 11.9 Å². The smallest absolute Gasteiger partial charge is 0.228 e. The first-order valence-corrected chi connectivity index (χ1v) is 7.09. The van der Waals surface area contributed by atoms with Gasteiger partial charge in [0.2, 0.25) is 5.91 Å². The fourth-order valence-corrected chi connectivity index (χ4v) is 2.29. The van der Waals surface area contributed by atoms with Crippen molar-refractivity contribution < 1.29 is 9.90 Å². The first-order chi connectivity index (χ1) is 9.22. The third kappa shape index (κ3) is 2.80. The summed E-state index contributed by atoms with van der Waals surface area (Å²) in [4.78, 5) is 12.6. The lowest BCUT2D eigenvalue weighted by molar-refractivity contribution is -0.127. The largest absolute Gasteiger partial charge is 0.388 e. The summed E-state index contributed by atoms with van der Waals surface area (Å²) in [5, 5.41) is 16.5. The molecule has 1 aromatic carbocycles. The summed E-state index contributed by atoms with van der Waals surface area (Å²) >= 11 is 0. The van der Waals surface area contributed by atoms with Crippen molar-refractivity contribution in [3.05, 3.63) is 29.8 Å². The van der Waals surface area contributed by atoms with E-state index in [4.69, 9.17) is 0 Å². The van der Waals surface area contributed by atoms with Crippen molar-refractivity contribution in [3.63, 3.8) is 0 Å². The van der Waals surface area contributed by atoms with Gasteiger partial charge in [-0.2, -0.15) is 0 Å². The van der Waals surface area contributed by atoms with Gasteiger partial charge in [0.25, 0.3) is 0 Å². The highest BCUT2D eigenvalue weighted by Gasteiger charge is 2.38. The number of benzene rings is 1. The van der Waals surface area contributed by atoms with E-state index in [0.29, 0.717) is 0 Å². The van der Waals surface area contributed by atoms with Gasteiger partial charge in [-0.05, 0) is 45.7 Å². The molecule has 1 heterocycles. The SMILES string of the molecule is CC(C)(O)C(C)(C)NC(=O)C1CCNc2ccccc21. The second-order valence-corrected chi connectivity index (χ2v) is 6.53. The molecule has 0 radical (unpaired) electrons. The maximum absolute atomic E-state index is 12.6. The Bertz CT molecular complexity index is 503. The van der Waals surface area contributed by atoms with E-state index < -0.39 is 11.1 Å². The van der Waals surface area contributed by atoms with Gasteiger partial charge in [0.15, 0.2) is 0 Å². The zero-order valence-corrected chi connectivity index (χ0v) is 12.7. The number of rotatable bonds is 3. The van der Waals surface area contributed by atoms with Crippen molar-refractivity contribution in [1.82, 2.24) is 5.32 Å². The summed E-state index contributed by atoms with van der Waals surface area (Å²) in [6.07, 6.45) is 0.769. The van der Waals surface area contributed by atoms with Crippen molar-refractivity contribution in [2.45, 2.75) is 51.2 Å². The Balaban J connectivity index is 2.20. The Morgan fingerprint density at radius 1 is 1.30 bits per heavy atom. The molecule has 0 bridgehead atoms.